The molecule has 1 atom stereocenters. The van der Waals surface area contributed by atoms with Crippen LogP contribution >= 0.6 is 0 Å². The van der Waals surface area contributed by atoms with Gasteiger partial charge in [0.25, 0.3) is 0 Å². The van der Waals surface area contributed by atoms with E-state index < -0.39 is 5.97 Å². The molecule has 0 fully saturated rings. The van der Waals surface area contributed by atoms with Crippen molar-refractivity contribution >= 4 is 12.3 Å². The first-order valence-electron chi connectivity index (χ1n) is 4.30. The highest BCUT2D eigenvalue weighted by Crippen LogP contribution is 2.16. The number of carbonyl (C=O) groups excluding carboxylic acids is 2. The zero-order chi connectivity index (χ0) is 10.7. The quantitative estimate of drug-likeness (QED) is 0.536. The van der Waals surface area contributed by atoms with Crippen LogP contribution in [-0.4, -0.2) is 23.9 Å². The lowest BCUT2D eigenvalue weighted by Gasteiger charge is -1.98. The summed E-state index contributed by atoms with van der Waals surface area (Å²) in [4.78, 5) is 21.8. The van der Waals surface area contributed by atoms with Crippen LogP contribution in [0.25, 0.3) is 0 Å². The highest BCUT2D eigenvalue weighted by Gasteiger charge is 2.14. The fourth-order valence-corrected chi connectivity index (χ4v) is 1.23. The van der Waals surface area contributed by atoms with Gasteiger partial charge in [-0.15, -0.1) is 0 Å². The molecule has 0 amide bonds. The first kappa shape index (κ1) is 10.5. The molecule has 0 aliphatic carbocycles. The lowest BCUT2D eigenvalue weighted by Crippen LogP contribution is -2.06. The summed E-state index contributed by atoms with van der Waals surface area (Å²) in [7, 11) is 3.07. The van der Waals surface area contributed by atoms with Gasteiger partial charge in [0.2, 0.25) is 0 Å². The summed E-state index contributed by atoms with van der Waals surface area (Å²) in [6.45, 7) is 1.78. The van der Waals surface area contributed by atoms with E-state index in [1.165, 1.54) is 7.11 Å². The number of esters is 1. The Morgan fingerprint density at radius 1 is 1.64 bits per heavy atom. The van der Waals surface area contributed by atoms with Crippen LogP contribution in [0.2, 0.25) is 0 Å². The van der Waals surface area contributed by atoms with Gasteiger partial charge in [0, 0.05) is 19.2 Å². The minimum atomic E-state index is -0.392. The van der Waals surface area contributed by atoms with Crippen LogP contribution in [0.4, 0.5) is 0 Å². The normalized spacial score (nSPS) is 12.2. The van der Waals surface area contributed by atoms with Gasteiger partial charge in [0.15, 0.2) is 0 Å². The molecule has 0 saturated heterocycles. The number of hydrogen-bond donors (Lipinski definition) is 0. The van der Waals surface area contributed by atoms with Crippen LogP contribution < -0.4 is 0 Å². The molecule has 0 spiro atoms. The topological polar surface area (TPSA) is 48.3 Å². The molecule has 1 unspecified atom stereocenters. The molecule has 76 valence electrons. The molecule has 1 aromatic heterocycles. The van der Waals surface area contributed by atoms with E-state index in [2.05, 4.69) is 4.74 Å². The van der Waals surface area contributed by atoms with Crippen LogP contribution in [0, 0.1) is 0 Å². The lowest BCUT2D eigenvalue weighted by molar-refractivity contribution is -0.108. The van der Waals surface area contributed by atoms with Crippen molar-refractivity contribution in [2.75, 3.05) is 7.11 Å². The van der Waals surface area contributed by atoms with Crippen LogP contribution in [0.1, 0.15) is 28.9 Å². The van der Waals surface area contributed by atoms with E-state index in [0.29, 0.717) is 5.69 Å². The van der Waals surface area contributed by atoms with Crippen molar-refractivity contribution in [3.05, 3.63) is 23.5 Å². The van der Waals surface area contributed by atoms with E-state index in [9.17, 15) is 9.59 Å². The van der Waals surface area contributed by atoms with E-state index in [4.69, 9.17) is 0 Å². The van der Waals surface area contributed by atoms with Crippen molar-refractivity contribution in [1.82, 2.24) is 4.57 Å². The highest BCUT2D eigenvalue weighted by atomic mass is 16.5. The molecule has 1 rings (SSSR count). The summed E-state index contributed by atoms with van der Waals surface area (Å²) in [6, 6.07) is 1.67. The van der Waals surface area contributed by atoms with E-state index in [-0.39, 0.29) is 5.92 Å². The number of aromatic nitrogens is 1. The Hall–Kier alpha value is -1.58. The maximum atomic E-state index is 11.2. The van der Waals surface area contributed by atoms with Gasteiger partial charge in [-0.2, -0.15) is 0 Å². The summed E-state index contributed by atoms with van der Waals surface area (Å²) in [5, 5.41) is 0. The smallest absolute Gasteiger partial charge is 0.354 e. The number of ether oxygens (including phenoxy) is 1. The number of hydrogen-bond acceptors (Lipinski definition) is 3. The zero-order valence-electron chi connectivity index (χ0n) is 8.48. The third-order valence-electron chi connectivity index (χ3n) is 2.15. The second-order valence-electron chi connectivity index (χ2n) is 3.19. The monoisotopic (exact) mass is 195 g/mol. The highest BCUT2D eigenvalue weighted by molar-refractivity contribution is 5.88. The number of aryl methyl sites for hydroxylation is 1. The van der Waals surface area contributed by atoms with Crippen molar-refractivity contribution in [1.29, 1.82) is 0 Å². The molecule has 0 bridgehead atoms. The van der Waals surface area contributed by atoms with Gasteiger partial charge in [-0.25, -0.2) is 4.79 Å². The van der Waals surface area contributed by atoms with Crippen molar-refractivity contribution in [2.24, 2.45) is 7.05 Å². The molecular formula is C10H13NO3. The zero-order valence-corrected chi connectivity index (χ0v) is 8.48. The predicted octanol–water partition coefficient (Wildman–Crippen LogP) is 1.11. The molecule has 4 heteroatoms. The van der Waals surface area contributed by atoms with Gasteiger partial charge in [-0.05, 0) is 11.6 Å². The predicted molar refractivity (Wildman–Crippen MR) is 51.2 cm³/mol. The molecular weight excluding hydrogens is 182 g/mol. The van der Waals surface area contributed by atoms with Crippen molar-refractivity contribution in [3.63, 3.8) is 0 Å². The Kier molecular flexibility index (Phi) is 3.06. The number of aldehydes is 1. The maximum absolute atomic E-state index is 11.2. The van der Waals surface area contributed by atoms with E-state index in [0.717, 1.165) is 11.8 Å². The van der Waals surface area contributed by atoms with Crippen molar-refractivity contribution in [2.45, 2.75) is 12.8 Å². The van der Waals surface area contributed by atoms with E-state index in [1.54, 1.807) is 30.8 Å². The second-order valence-corrected chi connectivity index (χ2v) is 3.19. The summed E-state index contributed by atoms with van der Waals surface area (Å²) >= 11 is 0. The minimum absolute atomic E-state index is 0.195. The summed E-state index contributed by atoms with van der Waals surface area (Å²) in [6.07, 6.45) is 2.60. The van der Waals surface area contributed by atoms with Crippen LogP contribution in [0.15, 0.2) is 12.3 Å². The van der Waals surface area contributed by atoms with Gasteiger partial charge in [0.1, 0.15) is 12.0 Å². The summed E-state index contributed by atoms with van der Waals surface area (Å²) in [5.41, 5.74) is 1.28. The molecule has 0 saturated carbocycles. The third-order valence-corrected chi connectivity index (χ3v) is 2.15. The Labute approximate surface area is 82.5 Å². The Bertz CT molecular complexity index is 354. The maximum Gasteiger partial charge on any atom is 0.354 e. The molecule has 14 heavy (non-hydrogen) atoms. The Morgan fingerprint density at radius 2 is 2.29 bits per heavy atom. The van der Waals surface area contributed by atoms with Gasteiger partial charge in [-0.1, -0.05) is 6.92 Å². The summed E-state index contributed by atoms with van der Waals surface area (Å²) in [5.74, 6) is -0.587. The van der Waals surface area contributed by atoms with Gasteiger partial charge < -0.3 is 14.1 Å². The van der Waals surface area contributed by atoms with Crippen molar-refractivity contribution in [3.8, 4) is 0 Å². The summed E-state index contributed by atoms with van der Waals surface area (Å²) < 4.78 is 6.25. The first-order chi connectivity index (χ1) is 6.60. The largest absolute Gasteiger partial charge is 0.464 e. The minimum Gasteiger partial charge on any atom is -0.464 e. The SMILES string of the molecule is COC(=O)c1cc(C(C)C=O)cn1C. The molecule has 0 aliphatic rings. The third kappa shape index (κ3) is 1.84. The molecule has 0 N–H and O–H groups in total. The van der Waals surface area contributed by atoms with E-state index >= 15 is 0 Å². The standard InChI is InChI=1S/C10H13NO3/c1-7(6-12)8-4-9(10(13)14-3)11(2)5-8/h4-7H,1-3H3. The Balaban J connectivity index is 3.04. The first-order valence-corrected chi connectivity index (χ1v) is 4.30. The van der Waals surface area contributed by atoms with Crippen LogP contribution in [0.3, 0.4) is 0 Å². The number of nitrogens with zero attached hydrogens (tertiary/aromatic N) is 1. The van der Waals surface area contributed by atoms with E-state index in [1.807, 2.05) is 0 Å². The van der Waals surface area contributed by atoms with Crippen LogP contribution in [-0.2, 0) is 16.6 Å². The Morgan fingerprint density at radius 3 is 2.79 bits per heavy atom. The van der Waals surface area contributed by atoms with Gasteiger partial charge in [0.05, 0.1) is 7.11 Å². The number of carbonyl (C=O) groups is 2. The fraction of sp³-hybridized carbons (Fsp3) is 0.400. The van der Waals surface area contributed by atoms with Crippen LogP contribution in [0.5, 0.6) is 0 Å². The van der Waals surface area contributed by atoms with Gasteiger partial charge >= 0.3 is 5.97 Å². The lowest BCUT2D eigenvalue weighted by atomic mass is 10.1. The molecule has 0 aliphatic heterocycles. The van der Waals surface area contributed by atoms with Crippen molar-refractivity contribution < 1.29 is 14.3 Å². The van der Waals surface area contributed by atoms with Gasteiger partial charge in [-0.3, -0.25) is 0 Å². The number of methoxy groups -OCH3 is 1. The molecule has 1 aromatic rings. The second kappa shape index (κ2) is 4.09. The molecule has 1 heterocycles. The number of rotatable bonds is 3. The molecule has 0 radical (unpaired) electrons. The molecule has 4 nitrogen and oxygen atoms in total. The molecule has 0 aromatic carbocycles. The average molecular weight is 195 g/mol. The average Bonchev–Trinajstić information content (AvgIpc) is 2.58. The fourth-order valence-electron chi connectivity index (χ4n) is 1.23.